The molecule has 0 spiro atoms. The summed E-state index contributed by atoms with van der Waals surface area (Å²) in [4.78, 5) is 21.1. The quantitative estimate of drug-likeness (QED) is 0.270. The number of thioether (sulfide) groups is 1. The van der Waals surface area contributed by atoms with Crippen molar-refractivity contribution in [2.45, 2.75) is 19.0 Å². The predicted molar refractivity (Wildman–Crippen MR) is 142 cm³/mol. The predicted octanol–water partition coefficient (Wildman–Crippen LogP) is 6.28. The van der Waals surface area contributed by atoms with Crippen molar-refractivity contribution < 1.29 is 4.79 Å². The maximum Gasteiger partial charge on any atom is 0.234 e. The van der Waals surface area contributed by atoms with Gasteiger partial charge in [-0.15, -0.1) is 0 Å². The topological polar surface area (TPSA) is 75.6 Å². The van der Waals surface area contributed by atoms with Gasteiger partial charge in [-0.05, 0) is 26.0 Å². The number of benzene rings is 3. The van der Waals surface area contributed by atoms with Crippen LogP contribution in [0.2, 0.25) is 0 Å². The van der Waals surface area contributed by atoms with Gasteiger partial charge < -0.3 is 10.3 Å². The van der Waals surface area contributed by atoms with E-state index in [0.717, 1.165) is 45.3 Å². The molecule has 5 rings (SSSR count). The first kappa shape index (κ1) is 22.7. The Balaban J connectivity index is 1.34. The zero-order chi connectivity index (χ0) is 24.2. The molecule has 0 aliphatic carbocycles. The second kappa shape index (κ2) is 10.0. The van der Waals surface area contributed by atoms with Crippen LogP contribution in [-0.4, -0.2) is 31.4 Å². The smallest absolute Gasteiger partial charge is 0.234 e. The molecule has 5 aromatic rings. The third kappa shape index (κ3) is 4.90. The largest absolute Gasteiger partial charge is 0.332 e. The number of carbonyl (C=O) groups excluding carboxylic acids is 1. The maximum absolute atomic E-state index is 12.9. The van der Waals surface area contributed by atoms with Gasteiger partial charge in [0.25, 0.3) is 0 Å². The van der Waals surface area contributed by atoms with Gasteiger partial charge in [-0.2, -0.15) is 5.10 Å². The van der Waals surface area contributed by atoms with Gasteiger partial charge in [-0.1, -0.05) is 90.6 Å². The number of rotatable bonds is 7. The number of aromatic amines is 1. The van der Waals surface area contributed by atoms with Crippen molar-refractivity contribution >= 4 is 23.4 Å². The number of hydrogen-bond donors (Lipinski definition) is 2. The van der Waals surface area contributed by atoms with Crippen LogP contribution < -0.4 is 5.32 Å². The number of hydrogen-bond acceptors (Lipinski definition) is 4. The third-order valence-corrected chi connectivity index (χ3v) is 6.56. The fourth-order valence-corrected chi connectivity index (χ4v) is 4.66. The molecule has 174 valence electrons. The summed E-state index contributed by atoms with van der Waals surface area (Å²) in [5.41, 5.74) is 7.26. The summed E-state index contributed by atoms with van der Waals surface area (Å²) in [6, 6.07) is 30.1. The van der Waals surface area contributed by atoms with Gasteiger partial charge in [-0.25, -0.2) is 9.67 Å². The minimum Gasteiger partial charge on any atom is -0.332 e. The van der Waals surface area contributed by atoms with E-state index in [1.54, 1.807) is 0 Å². The highest BCUT2D eigenvalue weighted by atomic mass is 32.2. The number of aromatic nitrogens is 4. The molecule has 0 aliphatic rings. The van der Waals surface area contributed by atoms with Crippen molar-refractivity contribution in [3.05, 3.63) is 102 Å². The summed E-state index contributed by atoms with van der Waals surface area (Å²) < 4.78 is 1.85. The highest BCUT2D eigenvalue weighted by molar-refractivity contribution is 7.99. The highest BCUT2D eigenvalue weighted by Crippen LogP contribution is 2.32. The molecule has 0 saturated carbocycles. The van der Waals surface area contributed by atoms with Crippen LogP contribution in [0.15, 0.2) is 96.2 Å². The monoisotopic (exact) mass is 479 g/mol. The highest BCUT2D eigenvalue weighted by Gasteiger charge is 2.18. The molecule has 0 radical (unpaired) electrons. The van der Waals surface area contributed by atoms with E-state index in [4.69, 9.17) is 4.98 Å². The Morgan fingerprint density at radius 3 is 2.14 bits per heavy atom. The first-order valence-electron chi connectivity index (χ1n) is 11.4. The number of aryl methyl sites for hydroxylation is 1. The Morgan fingerprint density at radius 2 is 1.49 bits per heavy atom. The molecule has 0 bridgehead atoms. The number of anilines is 1. The van der Waals surface area contributed by atoms with Gasteiger partial charge in [0.05, 0.1) is 39.9 Å². The second-order valence-corrected chi connectivity index (χ2v) is 9.09. The lowest BCUT2D eigenvalue weighted by atomic mass is 10.1. The molecule has 2 heterocycles. The van der Waals surface area contributed by atoms with Crippen molar-refractivity contribution in [3.63, 3.8) is 0 Å². The van der Waals surface area contributed by atoms with Crippen LogP contribution in [0, 0.1) is 13.8 Å². The van der Waals surface area contributed by atoms with E-state index in [0.29, 0.717) is 5.16 Å². The molecule has 7 heteroatoms. The van der Waals surface area contributed by atoms with Crippen molar-refractivity contribution in [1.29, 1.82) is 0 Å². The van der Waals surface area contributed by atoms with Crippen molar-refractivity contribution in [2.24, 2.45) is 0 Å². The molecule has 2 aromatic heterocycles. The van der Waals surface area contributed by atoms with Gasteiger partial charge in [0, 0.05) is 11.1 Å². The van der Waals surface area contributed by atoms with E-state index < -0.39 is 0 Å². The molecule has 3 aromatic carbocycles. The molecule has 2 N–H and O–H groups in total. The second-order valence-electron chi connectivity index (χ2n) is 8.13. The number of imidazole rings is 1. The van der Waals surface area contributed by atoms with Crippen molar-refractivity contribution in [2.75, 3.05) is 11.1 Å². The summed E-state index contributed by atoms with van der Waals surface area (Å²) in [5, 5.41) is 8.35. The number of H-pyrrole nitrogens is 1. The van der Waals surface area contributed by atoms with Crippen LogP contribution in [0.3, 0.4) is 0 Å². The standard InChI is InChI=1S/C28H25N5OS/c1-19-25(20(2)33(32-19)23-16-10-5-11-17-23)29-24(34)18-35-28-30-26(21-12-6-3-7-13-21)27(31-28)22-14-8-4-9-15-22/h3-17H,18H2,1-2H3,(H,29,34)(H,30,31). The molecule has 0 atom stereocenters. The van der Waals surface area contributed by atoms with Crippen LogP contribution >= 0.6 is 11.8 Å². The van der Waals surface area contributed by atoms with Crippen LogP contribution in [0.5, 0.6) is 0 Å². The zero-order valence-electron chi connectivity index (χ0n) is 19.5. The Bertz CT molecular complexity index is 1390. The number of nitrogens with one attached hydrogen (secondary N) is 2. The van der Waals surface area contributed by atoms with E-state index in [1.807, 2.05) is 97.4 Å². The molecule has 1 amide bonds. The third-order valence-electron chi connectivity index (χ3n) is 5.69. The minimum absolute atomic E-state index is 0.104. The van der Waals surface area contributed by atoms with Crippen LogP contribution in [0.1, 0.15) is 11.4 Å². The Hall–Kier alpha value is -4.10. The fourth-order valence-electron chi connectivity index (χ4n) is 3.99. The maximum atomic E-state index is 12.9. The molecule has 35 heavy (non-hydrogen) atoms. The molecule has 6 nitrogen and oxygen atoms in total. The Labute approximate surface area is 208 Å². The van der Waals surface area contributed by atoms with Crippen LogP contribution in [0.25, 0.3) is 28.2 Å². The van der Waals surface area contributed by atoms with Gasteiger partial charge in [0.1, 0.15) is 0 Å². The lowest BCUT2D eigenvalue weighted by molar-refractivity contribution is -0.113. The average molecular weight is 480 g/mol. The number of nitrogens with zero attached hydrogens (tertiary/aromatic N) is 3. The van der Waals surface area contributed by atoms with Crippen LogP contribution in [-0.2, 0) is 4.79 Å². The fraction of sp³-hybridized carbons (Fsp3) is 0.107. The average Bonchev–Trinajstić information content (AvgIpc) is 3.46. The number of carbonyl (C=O) groups is 1. The molecule has 0 unspecified atom stereocenters. The lowest BCUT2D eigenvalue weighted by Crippen LogP contribution is -2.15. The summed E-state index contributed by atoms with van der Waals surface area (Å²) >= 11 is 1.38. The summed E-state index contributed by atoms with van der Waals surface area (Å²) in [5.74, 6) is 0.124. The molecule has 0 aliphatic heterocycles. The van der Waals surface area contributed by atoms with Gasteiger partial charge >= 0.3 is 0 Å². The molecule has 0 saturated heterocycles. The Kier molecular flexibility index (Phi) is 6.50. The summed E-state index contributed by atoms with van der Waals surface area (Å²) in [6.45, 7) is 3.86. The minimum atomic E-state index is -0.104. The van der Waals surface area contributed by atoms with Gasteiger partial charge in [-0.3, -0.25) is 4.79 Å². The Morgan fingerprint density at radius 1 is 0.886 bits per heavy atom. The number of para-hydroxylation sites is 1. The van der Waals surface area contributed by atoms with Gasteiger partial charge in [0.2, 0.25) is 5.91 Å². The van der Waals surface area contributed by atoms with E-state index in [1.165, 1.54) is 11.8 Å². The lowest BCUT2D eigenvalue weighted by Gasteiger charge is -2.06. The first-order chi connectivity index (χ1) is 17.1. The van der Waals surface area contributed by atoms with Crippen LogP contribution in [0.4, 0.5) is 5.69 Å². The SMILES string of the molecule is Cc1nn(-c2ccccc2)c(C)c1NC(=O)CSc1nc(-c2ccccc2)c(-c2ccccc2)[nH]1. The van der Waals surface area contributed by atoms with E-state index >= 15 is 0 Å². The summed E-state index contributed by atoms with van der Waals surface area (Å²) in [6.07, 6.45) is 0. The van der Waals surface area contributed by atoms with Gasteiger partial charge in [0.15, 0.2) is 5.16 Å². The van der Waals surface area contributed by atoms with E-state index in [2.05, 4.69) is 27.5 Å². The van der Waals surface area contributed by atoms with Crippen molar-refractivity contribution in [3.8, 4) is 28.2 Å². The molecular formula is C28H25N5OS. The summed E-state index contributed by atoms with van der Waals surface area (Å²) in [7, 11) is 0. The normalized spacial score (nSPS) is 10.9. The van der Waals surface area contributed by atoms with E-state index in [-0.39, 0.29) is 11.7 Å². The first-order valence-corrected chi connectivity index (χ1v) is 12.3. The zero-order valence-corrected chi connectivity index (χ0v) is 20.3. The molecular weight excluding hydrogens is 454 g/mol. The molecule has 0 fully saturated rings. The van der Waals surface area contributed by atoms with E-state index in [9.17, 15) is 4.79 Å². The number of amides is 1. The van der Waals surface area contributed by atoms with Crippen molar-refractivity contribution in [1.82, 2.24) is 19.7 Å².